The van der Waals surface area contributed by atoms with Gasteiger partial charge in [-0.05, 0) is 62.0 Å². The first-order valence-corrected chi connectivity index (χ1v) is 10.6. The Kier molecular flexibility index (Phi) is 6.43. The molecule has 0 bridgehead atoms. The lowest BCUT2D eigenvalue weighted by Crippen LogP contribution is -2.65. The van der Waals surface area contributed by atoms with Crippen molar-refractivity contribution in [2.24, 2.45) is 11.8 Å². The van der Waals surface area contributed by atoms with E-state index in [-0.39, 0.29) is 5.60 Å². The molecule has 5 nitrogen and oxygen atoms in total. The number of nitrogens with zero attached hydrogens (tertiary/aromatic N) is 2. The van der Waals surface area contributed by atoms with Gasteiger partial charge in [0.2, 0.25) is 0 Å². The number of rotatable bonds is 7. The summed E-state index contributed by atoms with van der Waals surface area (Å²) in [6.07, 6.45) is 9.75. The summed E-state index contributed by atoms with van der Waals surface area (Å²) < 4.78 is 17.6. The molecule has 1 spiro atoms. The largest absolute Gasteiger partial charge is 0.381 e. The second kappa shape index (κ2) is 8.99. The van der Waals surface area contributed by atoms with Crippen LogP contribution in [0.1, 0.15) is 43.2 Å². The van der Waals surface area contributed by atoms with E-state index in [1.165, 1.54) is 43.4 Å². The fourth-order valence-electron chi connectivity index (χ4n) is 4.92. The van der Waals surface area contributed by atoms with E-state index in [1.807, 2.05) is 12.4 Å². The van der Waals surface area contributed by atoms with Crippen molar-refractivity contribution in [2.75, 3.05) is 46.1 Å². The topological polar surface area (TPSA) is 43.8 Å². The van der Waals surface area contributed by atoms with Crippen LogP contribution in [0.2, 0.25) is 0 Å². The Hall–Kier alpha value is -1.01. The van der Waals surface area contributed by atoms with Crippen molar-refractivity contribution in [1.82, 2.24) is 9.88 Å². The Balaban J connectivity index is 1.15. The molecule has 3 saturated heterocycles. The average molecular weight is 375 g/mol. The van der Waals surface area contributed by atoms with Gasteiger partial charge in [0, 0.05) is 58.5 Å². The van der Waals surface area contributed by atoms with Gasteiger partial charge in [0.15, 0.2) is 0 Å². The van der Waals surface area contributed by atoms with E-state index in [2.05, 4.69) is 22.9 Å². The van der Waals surface area contributed by atoms with E-state index in [0.29, 0.717) is 6.61 Å². The van der Waals surface area contributed by atoms with E-state index < -0.39 is 0 Å². The SMILES string of the molecule is Cc1cncc(COCC[C@@H]2CCOC3(C2)CN(CC2CCOCC2)C3)c1. The number of hydrogen-bond acceptors (Lipinski definition) is 5. The van der Waals surface area contributed by atoms with Crippen molar-refractivity contribution in [3.05, 3.63) is 29.6 Å². The van der Waals surface area contributed by atoms with E-state index in [4.69, 9.17) is 14.2 Å². The van der Waals surface area contributed by atoms with Crippen LogP contribution < -0.4 is 0 Å². The first-order valence-electron chi connectivity index (χ1n) is 10.6. The molecular weight excluding hydrogens is 340 g/mol. The third kappa shape index (κ3) is 5.29. The first-order chi connectivity index (χ1) is 13.2. The maximum absolute atomic E-state index is 6.22. The molecule has 0 aromatic carbocycles. The van der Waals surface area contributed by atoms with E-state index in [0.717, 1.165) is 57.8 Å². The average Bonchev–Trinajstić information content (AvgIpc) is 2.65. The maximum atomic E-state index is 6.22. The summed E-state index contributed by atoms with van der Waals surface area (Å²) in [7, 11) is 0. The van der Waals surface area contributed by atoms with Gasteiger partial charge in [0.05, 0.1) is 12.2 Å². The highest BCUT2D eigenvalue weighted by molar-refractivity contribution is 5.15. The van der Waals surface area contributed by atoms with Crippen molar-refractivity contribution >= 4 is 0 Å². The molecule has 3 fully saturated rings. The van der Waals surface area contributed by atoms with Crippen LogP contribution in [0.25, 0.3) is 0 Å². The number of aromatic nitrogens is 1. The Morgan fingerprint density at radius 3 is 2.78 bits per heavy atom. The van der Waals surface area contributed by atoms with Crippen LogP contribution in [-0.2, 0) is 20.8 Å². The number of hydrogen-bond donors (Lipinski definition) is 0. The number of pyridine rings is 1. The molecule has 0 unspecified atom stereocenters. The molecule has 0 N–H and O–H groups in total. The minimum absolute atomic E-state index is 0.133. The Morgan fingerprint density at radius 2 is 1.96 bits per heavy atom. The molecule has 3 aliphatic rings. The molecule has 0 saturated carbocycles. The zero-order chi connectivity index (χ0) is 18.5. The summed E-state index contributed by atoms with van der Waals surface area (Å²) in [6.45, 7) is 9.85. The minimum atomic E-state index is 0.133. The van der Waals surface area contributed by atoms with E-state index in [9.17, 15) is 0 Å². The highest BCUT2D eigenvalue weighted by Gasteiger charge is 2.47. The van der Waals surface area contributed by atoms with Gasteiger partial charge in [-0.1, -0.05) is 6.07 Å². The van der Waals surface area contributed by atoms with Crippen LogP contribution in [0.15, 0.2) is 18.5 Å². The monoisotopic (exact) mass is 374 g/mol. The maximum Gasteiger partial charge on any atom is 0.0937 e. The fraction of sp³-hybridized carbons (Fsp3) is 0.773. The number of aryl methyl sites for hydroxylation is 1. The smallest absolute Gasteiger partial charge is 0.0937 e. The summed E-state index contributed by atoms with van der Waals surface area (Å²) in [5.74, 6) is 1.56. The molecule has 27 heavy (non-hydrogen) atoms. The van der Waals surface area contributed by atoms with Gasteiger partial charge in [0.1, 0.15) is 0 Å². The molecule has 5 heteroatoms. The lowest BCUT2D eigenvalue weighted by molar-refractivity contribution is -0.183. The van der Waals surface area contributed by atoms with Gasteiger partial charge in [-0.2, -0.15) is 0 Å². The Bertz CT molecular complexity index is 597. The lowest BCUT2D eigenvalue weighted by Gasteiger charge is -2.54. The first kappa shape index (κ1) is 19.3. The van der Waals surface area contributed by atoms with Crippen molar-refractivity contribution < 1.29 is 14.2 Å². The Labute approximate surface area is 163 Å². The minimum Gasteiger partial charge on any atom is -0.381 e. The molecule has 1 atom stereocenters. The molecule has 150 valence electrons. The predicted octanol–water partition coefficient (Wildman–Crippen LogP) is 3.20. The molecule has 1 aromatic rings. The van der Waals surface area contributed by atoms with Gasteiger partial charge in [-0.3, -0.25) is 9.88 Å². The molecule has 0 amide bonds. The molecule has 4 heterocycles. The molecule has 1 aromatic heterocycles. The van der Waals surface area contributed by atoms with Gasteiger partial charge in [-0.15, -0.1) is 0 Å². The van der Waals surface area contributed by atoms with Crippen molar-refractivity contribution in [2.45, 2.75) is 51.2 Å². The fourth-order valence-corrected chi connectivity index (χ4v) is 4.92. The molecule has 4 rings (SSSR count). The molecular formula is C22H34N2O3. The summed E-state index contributed by atoms with van der Waals surface area (Å²) >= 11 is 0. The summed E-state index contributed by atoms with van der Waals surface area (Å²) in [6, 6.07) is 2.15. The Morgan fingerprint density at radius 1 is 1.15 bits per heavy atom. The number of likely N-dealkylation sites (tertiary alicyclic amines) is 1. The third-order valence-corrected chi connectivity index (χ3v) is 6.35. The van der Waals surface area contributed by atoms with Gasteiger partial charge in [-0.25, -0.2) is 0 Å². The van der Waals surface area contributed by atoms with E-state index >= 15 is 0 Å². The van der Waals surface area contributed by atoms with Crippen LogP contribution in [0.3, 0.4) is 0 Å². The highest BCUT2D eigenvalue weighted by atomic mass is 16.5. The van der Waals surface area contributed by atoms with Gasteiger partial charge < -0.3 is 14.2 Å². The zero-order valence-corrected chi connectivity index (χ0v) is 16.7. The number of ether oxygens (including phenoxy) is 3. The summed E-state index contributed by atoms with van der Waals surface area (Å²) in [5.41, 5.74) is 2.49. The van der Waals surface area contributed by atoms with Crippen molar-refractivity contribution in [3.63, 3.8) is 0 Å². The van der Waals surface area contributed by atoms with E-state index in [1.54, 1.807) is 0 Å². The van der Waals surface area contributed by atoms with Crippen molar-refractivity contribution in [3.8, 4) is 0 Å². The highest BCUT2D eigenvalue weighted by Crippen LogP contribution is 2.38. The van der Waals surface area contributed by atoms with Crippen LogP contribution in [0.5, 0.6) is 0 Å². The normalized spacial score (nSPS) is 26.2. The van der Waals surface area contributed by atoms with Crippen LogP contribution in [0, 0.1) is 18.8 Å². The van der Waals surface area contributed by atoms with Crippen LogP contribution in [-0.4, -0.2) is 61.5 Å². The summed E-state index contributed by atoms with van der Waals surface area (Å²) in [5, 5.41) is 0. The van der Waals surface area contributed by atoms with Crippen LogP contribution in [0.4, 0.5) is 0 Å². The molecule has 0 radical (unpaired) electrons. The quantitative estimate of drug-likeness (QED) is 0.686. The second-order valence-corrected chi connectivity index (χ2v) is 8.83. The van der Waals surface area contributed by atoms with Gasteiger partial charge >= 0.3 is 0 Å². The standard InChI is InChI=1S/C22H34N2O3/c1-18-10-21(13-23-12-18)15-26-8-2-19-5-9-27-22(11-19)16-24(17-22)14-20-3-6-25-7-4-20/h10,12-13,19-20H,2-9,11,14-17H2,1H3/t19-/m1/s1. The van der Waals surface area contributed by atoms with Crippen molar-refractivity contribution in [1.29, 1.82) is 0 Å². The molecule has 3 aliphatic heterocycles. The molecule has 0 aliphatic carbocycles. The second-order valence-electron chi connectivity index (χ2n) is 8.83. The van der Waals surface area contributed by atoms with Gasteiger partial charge in [0.25, 0.3) is 0 Å². The predicted molar refractivity (Wildman–Crippen MR) is 105 cm³/mol. The zero-order valence-electron chi connectivity index (χ0n) is 16.7. The third-order valence-electron chi connectivity index (χ3n) is 6.35. The summed E-state index contributed by atoms with van der Waals surface area (Å²) in [4.78, 5) is 6.83. The van der Waals surface area contributed by atoms with Crippen LogP contribution >= 0.6 is 0 Å². The lowest BCUT2D eigenvalue weighted by atomic mass is 9.78.